The van der Waals surface area contributed by atoms with Crippen LogP contribution in [0.5, 0.6) is 17.4 Å². The standard InChI is InChI=1S/C20H17BrN4O3S/c1-3-8-29-20-23-19-16(24-25-20)12-6-4-5-7-14(12)22-18(28-19)11-9-13(21)17(26)15(10-11)27-2/h3-7,9-10,18,22,26H,1,8H2,2H3/t18-/m0/s1. The zero-order valence-corrected chi connectivity index (χ0v) is 17.8. The second-order valence-electron chi connectivity index (χ2n) is 6.09. The van der Waals surface area contributed by atoms with E-state index >= 15 is 0 Å². The van der Waals surface area contributed by atoms with Crippen LogP contribution in [-0.4, -0.2) is 33.2 Å². The molecule has 1 aliphatic rings. The zero-order chi connectivity index (χ0) is 20.4. The molecule has 4 rings (SSSR count). The highest BCUT2D eigenvalue weighted by molar-refractivity contribution is 9.10. The van der Waals surface area contributed by atoms with Crippen molar-refractivity contribution in [1.29, 1.82) is 0 Å². The number of anilines is 1. The van der Waals surface area contributed by atoms with Crippen LogP contribution in [-0.2, 0) is 0 Å². The summed E-state index contributed by atoms with van der Waals surface area (Å²) in [4.78, 5) is 4.55. The Morgan fingerprint density at radius 2 is 2.17 bits per heavy atom. The second-order valence-corrected chi connectivity index (χ2v) is 7.93. The van der Waals surface area contributed by atoms with E-state index in [1.165, 1.54) is 18.9 Å². The van der Waals surface area contributed by atoms with Gasteiger partial charge in [-0.2, -0.15) is 4.98 Å². The largest absolute Gasteiger partial charge is 0.503 e. The van der Waals surface area contributed by atoms with Crippen molar-refractivity contribution in [2.24, 2.45) is 0 Å². The third kappa shape index (κ3) is 3.88. The Morgan fingerprint density at radius 1 is 1.34 bits per heavy atom. The highest BCUT2D eigenvalue weighted by Gasteiger charge is 2.27. The minimum atomic E-state index is -0.586. The molecule has 0 bridgehead atoms. The number of aromatic hydroxyl groups is 1. The number of ether oxygens (including phenoxy) is 2. The normalized spacial score (nSPS) is 14.6. The maximum atomic E-state index is 10.1. The fourth-order valence-electron chi connectivity index (χ4n) is 2.89. The smallest absolute Gasteiger partial charge is 0.247 e. The number of benzene rings is 2. The first kappa shape index (κ1) is 19.5. The van der Waals surface area contributed by atoms with Gasteiger partial charge in [0.2, 0.25) is 11.0 Å². The summed E-state index contributed by atoms with van der Waals surface area (Å²) in [5, 5.41) is 22.6. The Balaban J connectivity index is 1.82. The van der Waals surface area contributed by atoms with Gasteiger partial charge in [-0.05, 0) is 34.1 Å². The van der Waals surface area contributed by atoms with Crippen molar-refractivity contribution in [1.82, 2.24) is 15.2 Å². The van der Waals surface area contributed by atoms with Crippen molar-refractivity contribution in [2.75, 3.05) is 18.2 Å². The summed E-state index contributed by atoms with van der Waals surface area (Å²) in [6, 6.07) is 11.2. The van der Waals surface area contributed by atoms with E-state index in [4.69, 9.17) is 9.47 Å². The topological polar surface area (TPSA) is 89.4 Å². The number of hydrogen-bond acceptors (Lipinski definition) is 8. The maximum absolute atomic E-state index is 10.1. The van der Waals surface area contributed by atoms with E-state index in [2.05, 4.69) is 43.0 Å². The van der Waals surface area contributed by atoms with Crippen LogP contribution in [0.1, 0.15) is 11.8 Å². The van der Waals surface area contributed by atoms with Crippen LogP contribution in [0.2, 0.25) is 0 Å². The van der Waals surface area contributed by atoms with Crippen LogP contribution in [0.15, 0.2) is 58.7 Å². The molecular formula is C20H17BrN4O3S. The predicted molar refractivity (Wildman–Crippen MR) is 116 cm³/mol. The van der Waals surface area contributed by atoms with Gasteiger partial charge in [0.15, 0.2) is 23.4 Å². The summed E-state index contributed by atoms with van der Waals surface area (Å²) in [6.07, 6.45) is 1.19. The number of fused-ring (bicyclic) bond motifs is 3. The quantitative estimate of drug-likeness (QED) is 0.404. The molecule has 1 atom stereocenters. The van der Waals surface area contributed by atoms with Gasteiger partial charge in [-0.15, -0.1) is 16.8 Å². The van der Waals surface area contributed by atoms with Gasteiger partial charge in [0, 0.05) is 22.6 Å². The first-order chi connectivity index (χ1) is 14.1. The van der Waals surface area contributed by atoms with Gasteiger partial charge in [-0.1, -0.05) is 36.0 Å². The van der Waals surface area contributed by atoms with Crippen LogP contribution in [0, 0.1) is 0 Å². The summed E-state index contributed by atoms with van der Waals surface area (Å²) in [5.74, 6) is 1.40. The average molecular weight is 473 g/mol. The van der Waals surface area contributed by atoms with Gasteiger partial charge in [0.1, 0.15) is 0 Å². The second kappa shape index (κ2) is 8.30. The van der Waals surface area contributed by atoms with E-state index < -0.39 is 6.23 Å². The number of aromatic nitrogens is 3. The van der Waals surface area contributed by atoms with Crippen molar-refractivity contribution < 1.29 is 14.6 Å². The summed E-state index contributed by atoms with van der Waals surface area (Å²) in [5.41, 5.74) is 2.98. The van der Waals surface area contributed by atoms with Crippen LogP contribution >= 0.6 is 27.7 Å². The summed E-state index contributed by atoms with van der Waals surface area (Å²) in [6.45, 7) is 3.72. The monoisotopic (exact) mass is 472 g/mol. The van der Waals surface area contributed by atoms with Gasteiger partial charge < -0.3 is 19.9 Å². The van der Waals surface area contributed by atoms with Crippen molar-refractivity contribution in [2.45, 2.75) is 11.4 Å². The number of phenolic OH excluding ortho intramolecular Hbond substituents is 1. The maximum Gasteiger partial charge on any atom is 0.247 e. The lowest BCUT2D eigenvalue weighted by Crippen LogP contribution is -2.17. The minimum absolute atomic E-state index is 0.0257. The average Bonchev–Trinajstić information content (AvgIpc) is 2.90. The first-order valence-electron chi connectivity index (χ1n) is 8.68. The Morgan fingerprint density at radius 3 is 2.97 bits per heavy atom. The van der Waals surface area contributed by atoms with Crippen LogP contribution in [0.25, 0.3) is 11.3 Å². The molecule has 0 fully saturated rings. The number of phenols is 1. The molecule has 0 spiro atoms. The minimum Gasteiger partial charge on any atom is -0.503 e. The molecule has 0 saturated carbocycles. The van der Waals surface area contributed by atoms with E-state index in [1.807, 2.05) is 24.3 Å². The molecule has 3 aromatic rings. The van der Waals surface area contributed by atoms with Gasteiger partial charge in [0.05, 0.1) is 11.6 Å². The van der Waals surface area contributed by atoms with Crippen molar-refractivity contribution in [3.05, 3.63) is 59.1 Å². The number of thioether (sulfide) groups is 1. The highest BCUT2D eigenvalue weighted by Crippen LogP contribution is 2.42. The Hall–Kier alpha value is -2.78. The molecule has 9 heteroatoms. The van der Waals surface area contributed by atoms with E-state index in [-0.39, 0.29) is 5.75 Å². The highest BCUT2D eigenvalue weighted by atomic mass is 79.9. The van der Waals surface area contributed by atoms with Gasteiger partial charge >= 0.3 is 0 Å². The van der Waals surface area contributed by atoms with Crippen molar-refractivity contribution >= 4 is 33.4 Å². The Bertz CT molecular complexity index is 1080. The number of para-hydroxylation sites is 1. The molecule has 0 aliphatic carbocycles. The molecule has 0 unspecified atom stereocenters. The van der Waals surface area contributed by atoms with Gasteiger partial charge in [0.25, 0.3) is 0 Å². The number of rotatable bonds is 5. The number of methoxy groups -OCH3 is 1. The molecule has 0 amide bonds. The van der Waals surface area contributed by atoms with E-state index in [0.717, 1.165) is 16.8 Å². The number of hydrogen-bond donors (Lipinski definition) is 2. The molecule has 148 valence electrons. The Labute approximate surface area is 180 Å². The molecule has 29 heavy (non-hydrogen) atoms. The summed E-state index contributed by atoms with van der Waals surface area (Å²) in [7, 11) is 1.50. The number of nitrogens with zero attached hydrogens (tertiary/aromatic N) is 3. The number of nitrogens with one attached hydrogen (secondary N) is 1. The van der Waals surface area contributed by atoms with E-state index in [0.29, 0.717) is 32.7 Å². The summed E-state index contributed by atoms with van der Waals surface area (Å²) >= 11 is 4.79. The van der Waals surface area contributed by atoms with Gasteiger partial charge in [-0.3, -0.25) is 0 Å². The lowest BCUT2D eigenvalue weighted by Gasteiger charge is -2.20. The molecule has 7 nitrogen and oxygen atoms in total. The third-order valence-electron chi connectivity index (χ3n) is 4.24. The molecule has 1 aromatic heterocycles. The SMILES string of the molecule is C=CCSc1nnc2c(n1)O[C@@H](c1cc(Br)c(O)c(OC)c1)Nc1ccccc1-2. The van der Waals surface area contributed by atoms with Crippen LogP contribution in [0.4, 0.5) is 5.69 Å². The molecular weight excluding hydrogens is 456 g/mol. The molecule has 0 saturated heterocycles. The van der Waals surface area contributed by atoms with E-state index in [9.17, 15) is 5.11 Å². The number of halogens is 1. The third-order valence-corrected chi connectivity index (χ3v) is 5.68. The van der Waals surface area contributed by atoms with Crippen molar-refractivity contribution in [3.63, 3.8) is 0 Å². The first-order valence-corrected chi connectivity index (χ1v) is 10.5. The van der Waals surface area contributed by atoms with Crippen LogP contribution < -0.4 is 14.8 Å². The molecule has 2 heterocycles. The lowest BCUT2D eigenvalue weighted by atomic mass is 10.1. The molecule has 2 aromatic carbocycles. The van der Waals surface area contributed by atoms with Gasteiger partial charge in [-0.25, -0.2) is 0 Å². The van der Waals surface area contributed by atoms with E-state index in [1.54, 1.807) is 18.2 Å². The predicted octanol–water partition coefficient (Wildman–Crippen LogP) is 4.80. The zero-order valence-electron chi connectivity index (χ0n) is 15.4. The fourth-order valence-corrected chi connectivity index (χ4v) is 3.87. The summed E-state index contributed by atoms with van der Waals surface area (Å²) < 4.78 is 12.0. The fraction of sp³-hybridized carbons (Fsp3) is 0.150. The molecule has 0 radical (unpaired) electrons. The lowest BCUT2D eigenvalue weighted by molar-refractivity contribution is 0.224. The molecule has 1 aliphatic heterocycles. The molecule has 2 N–H and O–H groups in total. The van der Waals surface area contributed by atoms with Crippen LogP contribution in [0.3, 0.4) is 0 Å². The Kier molecular flexibility index (Phi) is 5.59. The van der Waals surface area contributed by atoms with Crippen molar-refractivity contribution in [3.8, 4) is 28.6 Å².